The molecular weight excluding hydrogens is 284 g/mol. The molecule has 0 fully saturated rings. The largest absolute Gasteiger partial charge is 0.481 e. The Hall–Kier alpha value is -2.47. The molecule has 3 rings (SSSR count). The number of ether oxygens (including phenoxy) is 1. The van der Waals surface area contributed by atoms with Crippen LogP contribution in [0.5, 0.6) is 5.88 Å². The van der Waals surface area contributed by atoms with Crippen LogP contribution in [0.25, 0.3) is 11.4 Å². The number of aromatic amines is 1. The van der Waals surface area contributed by atoms with Gasteiger partial charge in [0, 0.05) is 17.8 Å². The van der Waals surface area contributed by atoms with Crippen LogP contribution in [-0.4, -0.2) is 26.9 Å². The fraction of sp³-hybridized carbons (Fsp3) is 0.133. The van der Waals surface area contributed by atoms with Gasteiger partial charge in [-0.15, -0.1) is 0 Å². The van der Waals surface area contributed by atoms with Crippen molar-refractivity contribution in [3.8, 4) is 17.3 Å². The van der Waals surface area contributed by atoms with Crippen LogP contribution in [0, 0.1) is 4.77 Å². The molecule has 0 aliphatic heterocycles. The summed E-state index contributed by atoms with van der Waals surface area (Å²) in [6, 6.07) is 13.8. The Morgan fingerprint density at radius 3 is 2.81 bits per heavy atom. The number of hydrogen-bond donors (Lipinski definition) is 1. The molecule has 2 heterocycles. The smallest absolute Gasteiger partial charge is 0.213 e. The van der Waals surface area contributed by atoms with Gasteiger partial charge in [0.2, 0.25) is 5.88 Å². The summed E-state index contributed by atoms with van der Waals surface area (Å²) in [6.07, 6.45) is 1.72. The van der Waals surface area contributed by atoms with Crippen LogP contribution in [0.2, 0.25) is 0 Å². The average Bonchev–Trinajstić information content (AvgIpc) is 2.89. The van der Waals surface area contributed by atoms with Gasteiger partial charge in [0.05, 0.1) is 13.7 Å². The minimum atomic E-state index is 0.587. The standard InChI is InChI=1S/C15H14N4OS/c1-20-13-9-11(7-8-16-13)10-19-14(17-18-15(19)21)12-5-3-2-4-6-12/h2-9H,10H2,1H3,(H,18,21). The molecule has 0 spiro atoms. The molecule has 21 heavy (non-hydrogen) atoms. The summed E-state index contributed by atoms with van der Waals surface area (Å²) in [5, 5.41) is 7.18. The Kier molecular flexibility index (Phi) is 3.79. The first-order valence-corrected chi connectivity index (χ1v) is 6.88. The van der Waals surface area contributed by atoms with E-state index in [1.807, 2.05) is 47.0 Å². The number of methoxy groups -OCH3 is 1. The molecule has 0 unspecified atom stereocenters. The molecule has 106 valence electrons. The lowest BCUT2D eigenvalue weighted by atomic mass is 10.2. The molecule has 3 aromatic rings. The zero-order chi connectivity index (χ0) is 14.7. The second kappa shape index (κ2) is 5.88. The van der Waals surface area contributed by atoms with E-state index in [9.17, 15) is 0 Å². The summed E-state index contributed by atoms with van der Waals surface area (Å²) in [4.78, 5) is 4.11. The van der Waals surface area contributed by atoms with Crippen molar-refractivity contribution in [3.63, 3.8) is 0 Å². The van der Waals surface area contributed by atoms with Crippen LogP contribution in [0.3, 0.4) is 0 Å². The van der Waals surface area contributed by atoms with Gasteiger partial charge in [-0.1, -0.05) is 30.3 Å². The molecule has 0 aliphatic rings. The first-order valence-electron chi connectivity index (χ1n) is 6.47. The van der Waals surface area contributed by atoms with Crippen molar-refractivity contribution in [2.75, 3.05) is 7.11 Å². The lowest BCUT2D eigenvalue weighted by Crippen LogP contribution is -2.03. The molecular formula is C15H14N4OS. The molecule has 5 nitrogen and oxygen atoms in total. The fourth-order valence-corrected chi connectivity index (χ4v) is 2.31. The number of H-pyrrole nitrogens is 1. The van der Waals surface area contributed by atoms with Crippen molar-refractivity contribution in [1.29, 1.82) is 0 Å². The van der Waals surface area contributed by atoms with Crippen LogP contribution < -0.4 is 4.74 Å². The Bertz CT molecular complexity index is 795. The van der Waals surface area contributed by atoms with Crippen molar-refractivity contribution in [1.82, 2.24) is 19.7 Å². The second-order valence-electron chi connectivity index (χ2n) is 4.51. The SMILES string of the molecule is COc1cc(Cn2c(-c3ccccc3)n[nH]c2=S)ccn1. The van der Waals surface area contributed by atoms with Crippen molar-refractivity contribution in [3.05, 3.63) is 59.0 Å². The van der Waals surface area contributed by atoms with E-state index in [4.69, 9.17) is 17.0 Å². The molecule has 0 saturated heterocycles. The summed E-state index contributed by atoms with van der Waals surface area (Å²) in [5.41, 5.74) is 2.07. The quantitative estimate of drug-likeness (QED) is 0.752. The highest BCUT2D eigenvalue weighted by atomic mass is 32.1. The maximum absolute atomic E-state index is 5.33. The Balaban J connectivity index is 1.99. The van der Waals surface area contributed by atoms with Crippen LogP contribution in [-0.2, 0) is 6.54 Å². The van der Waals surface area contributed by atoms with E-state index in [0.717, 1.165) is 17.0 Å². The molecule has 6 heteroatoms. The van der Waals surface area contributed by atoms with E-state index in [1.165, 1.54) is 0 Å². The summed E-state index contributed by atoms with van der Waals surface area (Å²) < 4.78 is 7.69. The van der Waals surface area contributed by atoms with E-state index in [1.54, 1.807) is 13.3 Å². The molecule has 0 bridgehead atoms. The number of benzene rings is 1. The molecule has 1 aromatic carbocycles. The molecule has 0 atom stereocenters. The predicted molar refractivity (Wildman–Crippen MR) is 82.7 cm³/mol. The van der Waals surface area contributed by atoms with Crippen molar-refractivity contribution >= 4 is 12.2 Å². The summed E-state index contributed by atoms with van der Waals surface area (Å²) in [5.74, 6) is 1.40. The maximum Gasteiger partial charge on any atom is 0.213 e. The first kappa shape index (κ1) is 13.5. The molecule has 0 amide bonds. The van der Waals surface area contributed by atoms with E-state index < -0.39 is 0 Å². The Labute approximate surface area is 127 Å². The number of pyridine rings is 1. The molecule has 2 aromatic heterocycles. The van der Waals surface area contributed by atoms with Gasteiger partial charge in [-0.3, -0.25) is 9.67 Å². The average molecular weight is 298 g/mol. The molecule has 1 N–H and O–H groups in total. The lowest BCUT2D eigenvalue weighted by molar-refractivity contribution is 0.397. The van der Waals surface area contributed by atoms with Gasteiger partial charge in [0.15, 0.2) is 10.6 Å². The minimum absolute atomic E-state index is 0.587. The van der Waals surface area contributed by atoms with Crippen molar-refractivity contribution in [2.45, 2.75) is 6.54 Å². The van der Waals surface area contributed by atoms with Gasteiger partial charge in [-0.05, 0) is 23.8 Å². The normalized spacial score (nSPS) is 10.5. The Morgan fingerprint density at radius 1 is 1.24 bits per heavy atom. The summed E-state index contributed by atoms with van der Waals surface area (Å²) >= 11 is 5.33. The number of hydrogen-bond acceptors (Lipinski definition) is 4. The van der Waals surface area contributed by atoms with Crippen LogP contribution in [0.15, 0.2) is 48.7 Å². The van der Waals surface area contributed by atoms with Crippen LogP contribution in [0.4, 0.5) is 0 Å². The third-order valence-electron chi connectivity index (χ3n) is 3.14. The highest BCUT2D eigenvalue weighted by molar-refractivity contribution is 7.71. The zero-order valence-corrected chi connectivity index (χ0v) is 12.3. The van der Waals surface area contributed by atoms with E-state index >= 15 is 0 Å². The zero-order valence-electron chi connectivity index (χ0n) is 11.5. The van der Waals surface area contributed by atoms with Gasteiger partial charge < -0.3 is 4.74 Å². The third-order valence-corrected chi connectivity index (χ3v) is 3.45. The topological polar surface area (TPSA) is 55.7 Å². The number of nitrogens with zero attached hydrogens (tertiary/aromatic N) is 3. The fourth-order valence-electron chi connectivity index (χ4n) is 2.11. The summed E-state index contributed by atoms with van der Waals surface area (Å²) in [6.45, 7) is 0.610. The maximum atomic E-state index is 5.33. The number of rotatable bonds is 4. The van der Waals surface area contributed by atoms with E-state index in [0.29, 0.717) is 17.2 Å². The third kappa shape index (κ3) is 2.85. The van der Waals surface area contributed by atoms with Crippen LogP contribution in [0.1, 0.15) is 5.56 Å². The van der Waals surface area contributed by atoms with E-state index in [2.05, 4.69) is 15.2 Å². The van der Waals surface area contributed by atoms with E-state index in [-0.39, 0.29) is 0 Å². The van der Waals surface area contributed by atoms with Gasteiger partial charge >= 0.3 is 0 Å². The van der Waals surface area contributed by atoms with Gasteiger partial charge in [-0.2, -0.15) is 5.10 Å². The van der Waals surface area contributed by atoms with Crippen molar-refractivity contribution in [2.24, 2.45) is 0 Å². The van der Waals surface area contributed by atoms with Crippen LogP contribution >= 0.6 is 12.2 Å². The first-order chi connectivity index (χ1) is 10.3. The summed E-state index contributed by atoms with van der Waals surface area (Å²) in [7, 11) is 1.60. The predicted octanol–water partition coefficient (Wildman–Crippen LogP) is 3.06. The second-order valence-corrected chi connectivity index (χ2v) is 4.90. The highest BCUT2D eigenvalue weighted by Crippen LogP contribution is 2.19. The number of aromatic nitrogens is 4. The van der Waals surface area contributed by atoms with Gasteiger partial charge in [0.25, 0.3) is 0 Å². The lowest BCUT2D eigenvalue weighted by Gasteiger charge is -2.08. The molecule has 0 aliphatic carbocycles. The highest BCUT2D eigenvalue weighted by Gasteiger charge is 2.09. The number of nitrogens with one attached hydrogen (secondary N) is 1. The van der Waals surface area contributed by atoms with Gasteiger partial charge in [0.1, 0.15) is 0 Å². The molecule has 0 radical (unpaired) electrons. The minimum Gasteiger partial charge on any atom is -0.481 e. The van der Waals surface area contributed by atoms with Gasteiger partial charge in [-0.25, -0.2) is 4.98 Å². The monoisotopic (exact) mass is 298 g/mol. The van der Waals surface area contributed by atoms with Crippen molar-refractivity contribution < 1.29 is 4.74 Å². The Morgan fingerprint density at radius 2 is 2.05 bits per heavy atom. The molecule has 0 saturated carbocycles.